The highest BCUT2D eigenvalue weighted by molar-refractivity contribution is 7.17. The van der Waals surface area contributed by atoms with E-state index in [0.717, 1.165) is 11.1 Å². The van der Waals surface area contributed by atoms with Gasteiger partial charge in [-0.1, -0.05) is 41.7 Å². The Morgan fingerprint density at radius 1 is 1.03 bits per heavy atom. The lowest BCUT2D eigenvalue weighted by Gasteiger charge is -2.29. The zero-order valence-corrected chi connectivity index (χ0v) is 18.6. The van der Waals surface area contributed by atoms with E-state index in [-0.39, 0.29) is 11.9 Å². The first-order chi connectivity index (χ1) is 15.1. The van der Waals surface area contributed by atoms with Crippen molar-refractivity contribution >= 4 is 16.3 Å². The summed E-state index contributed by atoms with van der Waals surface area (Å²) in [7, 11) is 6.76. The zero-order chi connectivity index (χ0) is 22.0. The third kappa shape index (κ3) is 3.77. The second-order valence-corrected chi connectivity index (χ2v) is 7.98. The van der Waals surface area contributed by atoms with Gasteiger partial charge in [-0.25, -0.2) is 4.98 Å². The number of rotatable bonds is 8. The maximum atomic E-state index is 11.0. The zero-order valence-electron chi connectivity index (χ0n) is 17.8. The molecule has 162 valence electrons. The van der Waals surface area contributed by atoms with Crippen molar-refractivity contribution in [3.63, 3.8) is 0 Å². The number of benzene rings is 2. The van der Waals surface area contributed by atoms with Gasteiger partial charge in [0.2, 0.25) is 16.6 Å². The molecule has 0 bridgehead atoms. The molecule has 1 N–H and O–H groups in total. The lowest BCUT2D eigenvalue weighted by atomic mass is 10.0. The summed E-state index contributed by atoms with van der Waals surface area (Å²) in [4.78, 5) is 7.71. The Kier molecular flexibility index (Phi) is 5.97. The molecule has 1 atom stereocenters. The van der Waals surface area contributed by atoms with Gasteiger partial charge in [0.15, 0.2) is 11.5 Å². The molecule has 0 aliphatic heterocycles. The molecule has 0 spiro atoms. The van der Waals surface area contributed by atoms with Gasteiger partial charge < -0.3 is 19.3 Å². The Balaban J connectivity index is 1.88. The first kappa shape index (κ1) is 21.0. The molecule has 9 heteroatoms. The number of methoxy groups -OCH3 is 3. The smallest absolute Gasteiger partial charge is 0.230 e. The minimum atomic E-state index is -0.344. The van der Waals surface area contributed by atoms with Crippen molar-refractivity contribution in [1.29, 1.82) is 0 Å². The summed E-state index contributed by atoms with van der Waals surface area (Å²) in [6, 6.07) is 13.6. The fourth-order valence-electron chi connectivity index (χ4n) is 3.75. The maximum absolute atomic E-state index is 11.0. The predicted octanol–water partition coefficient (Wildman–Crippen LogP) is 3.74. The summed E-state index contributed by atoms with van der Waals surface area (Å²) in [6.07, 6.45) is 1.43. The number of hydrogen-bond acceptors (Lipinski definition) is 8. The highest BCUT2D eigenvalue weighted by Gasteiger charge is 2.31. The standard InChI is InChI=1S/C22H24N4O4S/c1-25(12-14-8-6-5-7-9-14)17(20-21(27)26-22(31-20)23-13-24-26)15-10-11-16(28-2)19(30-4)18(15)29-3/h5-11,13,17,27H,12H2,1-4H3. The van der Waals surface area contributed by atoms with Crippen molar-refractivity contribution < 1.29 is 19.3 Å². The lowest BCUT2D eigenvalue weighted by molar-refractivity contribution is 0.256. The molecule has 0 radical (unpaired) electrons. The molecule has 0 saturated heterocycles. The molecule has 2 aromatic heterocycles. The molecule has 31 heavy (non-hydrogen) atoms. The highest BCUT2D eigenvalue weighted by atomic mass is 32.1. The van der Waals surface area contributed by atoms with Gasteiger partial charge in [0.05, 0.1) is 32.2 Å². The van der Waals surface area contributed by atoms with Crippen molar-refractivity contribution in [2.75, 3.05) is 28.4 Å². The second-order valence-electron chi connectivity index (χ2n) is 6.97. The molecule has 2 heterocycles. The van der Waals surface area contributed by atoms with E-state index in [1.54, 1.807) is 21.3 Å². The first-order valence-corrected chi connectivity index (χ1v) is 10.4. The fourth-order valence-corrected chi connectivity index (χ4v) is 4.87. The van der Waals surface area contributed by atoms with Crippen molar-refractivity contribution in [3.8, 4) is 23.1 Å². The Morgan fingerprint density at radius 2 is 1.77 bits per heavy atom. The molecule has 8 nitrogen and oxygen atoms in total. The van der Waals surface area contributed by atoms with Gasteiger partial charge in [-0.05, 0) is 24.7 Å². The van der Waals surface area contributed by atoms with Crippen molar-refractivity contribution in [2.45, 2.75) is 12.6 Å². The van der Waals surface area contributed by atoms with Gasteiger partial charge in [0.1, 0.15) is 6.33 Å². The van der Waals surface area contributed by atoms with E-state index >= 15 is 0 Å². The fraction of sp³-hybridized carbons (Fsp3) is 0.273. The molecular formula is C22H24N4O4S. The summed E-state index contributed by atoms with van der Waals surface area (Å²) in [6.45, 7) is 0.649. The van der Waals surface area contributed by atoms with Crippen LogP contribution < -0.4 is 14.2 Å². The van der Waals surface area contributed by atoms with Crippen LogP contribution in [0.4, 0.5) is 0 Å². The SMILES string of the molecule is COc1ccc(C(c2sc3ncnn3c2O)N(C)Cc2ccccc2)c(OC)c1OC. The van der Waals surface area contributed by atoms with E-state index in [9.17, 15) is 5.11 Å². The van der Waals surface area contributed by atoms with Crippen LogP contribution in [0.25, 0.3) is 4.96 Å². The number of fused-ring (bicyclic) bond motifs is 1. The predicted molar refractivity (Wildman–Crippen MR) is 118 cm³/mol. The summed E-state index contributed by atoms with van der Waals surface area (Å²) in [5.41, 5.74) is 1.98. The molecule has 0 fully saturated rings. The number of nitrogens with zero attached hydrogens (tertiary/aromatic N) is 4. The Bertz CT molecular complexity index is 1180. The minimum absolute atomic E-state index is 0.0549. The number of aromatic hydroxyl groups is 1. The second kappa shape index (κ2) is 8.83. The van der Waals surface area contributed by atoms with Crippen LogP contribution >= 0.6 is 11.3 Å². The summed E-state index contributed by atoms with van der Waals surface area (Å²) < 4.78 is 18.2. The summed E-state index contributed by atoms with van der Waals surface area (Å²) >= 11 is 1.39. The van der Waals surface area contributed by atoms with Gasteiger partial charge in [0.25, 0.3) is 0 Å². The van der Waals surface area contributed by atoms with E-state index in [4.69, 9.17) is 14.2 Å². The van der Waals surface area contributed by atoms with E-state index in [1.807, 2.05) is 37.4 Å². The van der Waals surface area contributed by atoms with Crippen molar-refractivity contribution in [3.05, 3.63) is 64.8 Å². The van der Waals surface area contributed by atoms with Crippen molar-refractivity contribution in [2.24, 2.45) is 0 Å². The molecule has 0 aliphatic carbocycles. The molecule has 4 aromatic rings. The number of ether oxygens (including phenoxy) is 3. The van der Waals surface area contributed by atoms with Gasteiger partial charge in [-0.15, -0.1) is 0 Å². The lowest BCUT2D eigenvalue weighted by Crippen LogP contribution is -2.25. The third-order valence-corrected chi connectivity index (χ3v) is 6.22. The summed E-state index contributed by atoms with van der Waals surface area (Å²) in [5.74, 6) is 1.67. The van der Waals surface area contributed by atoms with E-state index in [2.05, 4.69) is 27.1 Å². The average Bonchev–Trinajstić information content (AvgIpc) is 3.37. The molecular weight excluding hydrogens is 416 g/mol. The summed E-state index contributed by atoms with van der Waals surface area (Å²) in [5, 5.41) is 15.1. The molecule has 2 aromatic carbocycles. The number of thiazole rings is 1. The van der Waals surface area contributed by atoms with E-state index < -0.39 is 0 Å². The van der Waals surface area contributed by atoms with E-state index in [1.165, 1.54) is 22.2 Å². The molecule has 1 unspecified atom stereocenters. The number of aromatic nitrogens is 3. The Morgan fingerprint density at radius 3 is 2.42 bits per heavy atom. The van der Waals surface area contributed by atoms with Crippen LogP contribution in [0.15, 0.2) is 48.8 Å². The topological polar surface area (TPSA) is 81.4 Å². The van der Waals surface area contributed by atoms with Crippen LogP contribution in [0.2, 0.25) is 0 Å². The van der Waals surface area contributed by atoms with Gasteiger partial charge >= 0.3 is 0 Å². The molecule has 4 rings (SSSR count). The van der Waals surface area contributed by atoms with Crippen LogP contribution in [-0.2, 0) is 6.54 Å². The Labute approximate surface area is 184 Å². The van der Waals surface area contributed by atoms with Gasteiger partial charge in [-0.3, -0.25) is 4.90 Å². The molecule has 0 saturated carbocycles. The molecule has 0 amide bonds. The van der Waals surface area contributed by atoms with E-state index in [0.29, 0.717) is 33.6 Å². The van der Waals surface area contributed by atoms with Crippen LogP contribution in [0.1, 0.15) is 22.0 Å². The van der Waals surface area contributed by atoms with Gasteiger partial charge in [0, 0.05) is 12.1 Å². The minimum Gasteiger partial charge on any atom is -0.493 e. The van der Waals surface area contributed by atoms with Crippen LogP contribution in [0.5, 0.6) is 23.1 Å². The normalized spacial score (nSPS) is 12.3. The number of hydrogen-bond donors (Lipinski definition) is 1. The first-order valence-electron chi connectivity index (χ1n) is 9.63. The maximum Gasteiger partial charge on any atom is 0.230 e. The molecule has 0 aliphatic rings. The van der Waals surface area contributed by atoms with Crippen LogP contribution in [0.3, 0.4) is 0 Å². The Hall–Kier alpha value is -3.30. The average molecular weight is 441 g/mol. The largest absolute Gasteiger partial charge is 0.493 e. The van der Waals surface area contributed by atoms with Crippen LogP contribution in [-0.4, -0.2) is 53.0 Å². The monoisotopic (exact) mass is 440 g/mol. The van der Waals surface area contributed by atoms with Crippen molar-refractivity contribution in [1.82, 2.24) is 19.5 Å². The third-order valence-electron chi connectivity index (χ3n) is 5.13. The highest BCUT2D eigenvalue weighted by Crippen LogP contribution is 2.48. The van der Waals surface area contributed by atoms with Gasteiger partial charge in [-0.2, -0.15) is 9.61 Å². The quantitative estimate of drug-likeness (QED) is 0.447. The van der Waals surface area contributed by atoms with Crippen LogP contribution in [0, 0.1) is 0 Å².